The second-order valence-electron chi connectivity index (χ2n) is 11.7. The van der Waals surface area contributed by atoms with Crippen LogP contribution in [-0.4, -0.2) is 59.1 Å². The minimum atomic E-state index is -0.108. The highest BCUT2D eigenvalue weighted by Gasteiger charge is 2.18. The summed E-state index contributed by atoms with van der Waals surface area (Å²) >= 11 is 25.0. The van der Waals surface area contributed by atoms with Gasteiger partial charge in [-0.3, -0.25) is 9.59 Å². The van der Waals surface area contributed by atoms with Crippen LogP contribution >= 0.6 is 46.4 Å². The monoisotopic (exact) mass is 695 g/mol. The van der Waals surface area contributed by atoms with Gasteiger partial charge in [-0.05, 0) is 68.0 Å². The summed E-state index contributed by atoms with van der Waals surface area (Å²) in [6.45, 7) is 2.74. The molecule has 46 heavy (non-hydrogen) atoms. The van der Waals surface area contributed by atoms with Gasteiger partial charge < -0.3 is 24.7 Å². The van der Waals surface area contributed by atoms with Crippen molar-refractivity contribution >= 4 is 102 Å². The molecule has 11 heteroatoms. The van der Waals surface area contributed by atoms with Crippen molar-refractivity contribution in [3.63, 3.8) is 0 Å². The second-order valence-corrected chi connectivity index (χ2v) is 13.4. The number of fused-ring (bicyclic) bond motifs is 6. The van der Waals surface area contributed by atoms with E-state index in [1.165, 1.54) is 0 Å². The molecule has 0 spiro atoms. The number of nitrogens with zero attached hydrogens (tertiary/aromatic N) is 3. The Balaban J connectivity index is 0.977. The fourth-order valence-corrected chi connectivity index (χ4v) is 6.89. The molecule has 2 heterocycles. The SMILES string of the molecule is CN(CCCNC(=O)c1cn(C)c2c1ccc1cc(Cl)c(Cl)cc12)CCCNC(=O)c1cn(C)c2c1ccc1cc(Cl)c(Cl)cc12. The van der Waals surface area contributed by atoms with E-state index in [2.05, 4.69) is 15.5 Å². The fourth-order valence-electron chi connectivity index (χ4n) is 6.22. The number of benzene rings is 4. The third-order valence-corrected chi connectivity index (χ3v) is 9.93. The first-order chi connectivity index (χ1) is 22.0. The van der Waals surface area contributed by atoms with E-state index in [1.54, 1.807) is 0 Å². The van der Waals surface area contributed by atoms with Crippen molar-refractivity contribution in [1.82, 2.24) is 24.7 Å². The maximum Gasteiger partial charge on any atom is 0.253 e. The molecule has 0 atom stereocenters. The second kappa shape index (κ2) is 13.3. The maximum atomic E-state index is 13.1. The van der Waals surface area contributed by atoms with E-state index in [0.717, 1.165) is 69.3 Å². The van der Waals surface area contributed by atoms with Gasteiger partial charge in [0.05, 0.1) is 42.3 Å². The van der Waals surface area contributed by atoms with E-state index in [0.29, 0.717) is 44.3 Å². The van der Waals surface area contributed by atoms with Gasteiger partial charge in [0, 0.05) is 61.1 Å². The summed E-state index contributed by atoms with van der Waals surface area (Å²) in [5, 5.41) is 13.7. The van der Waals surface area contributed by atoms with Gasteiger partial charge in [-0.1, -0.05) is 70.7 Å². The molecule has 2 amide bonds. The van der Waals surface area contributed by atoms with E-state index in [9.17, 15) is 9.59 Å². The van der Waals surface area contributed by atoms with Crippen molar-refractivity contribution in [2.24, 2.45) is 14.1 Å². The molecule has 0 aliphatic rings. The summed E-state index contributed by atoms with van der Waals surface area (Å²) < 4.78 is 3.91. The lowest BCUT2D eigenvalue weighted by Crippen LogP contribution is -2.30. The van der Waals surface area contributed by atoms with Crippen LogP contribution in [0.1, 0.15) is 33.6 Å². The minimum absolute atomic E-state index is 0.108. The molecule has 0 saturated heterocycles. The molecule has 0 radical (unpaired) electrons. The Kier molecular flexibility index (Phi) is 9.42. The number of hydrogen-bond donors (Lipinski definition) is 2. The lowest BCUT2D eigenvalue weighted by atomic mass is 10.1. The van der Waals surface area contributed by atoms with E-state index in [1.807, 2.05) is 91.2 Å². The molecule has 0 aliphatic carbocycles. The van der Waals surface area contributed by atoms with Crippen molar-refractivity contribution in [3.8, 4) is 0 Å². The van der Waals surface area contributed by atoms with Crippen LogP contribution in [0.3, 0.4) is 0 Å². The van der Waals surface area contributed by atoms with Gasteiger partial charge in [-0.2, -0.15) is 0 Å². The summed E-state index contributed by atoms with van der Waals surface area (Å²) in [6, 6.07) is 15.2. The standard InChI is InChI=1S/C35H33Cl4N5O2/c1-42(12-4-10-40-34(45)26-18-43(2)32-22(26)8-6-20-14-28(36)30(38)16-24(20)32)13-5-11-41-35(46)27-19-44(3)33-23(27)9-7-21-15-29(37)31(39)17-25(21)33/h6-9,14-19H,4-5,10-13H2,1-3H3,(H,40,45)(H,41,46). The van der Waals surface area contributed by atoms with Crippen molar-refractivity contribution in [3.05, 3.63) is 92.1 Å². The number of amides is 2. The Morgan fingerprint density at radius 2 is 1.02 bits per heavy atom. The van der Waals surface area contributed by atoms with E-state index < -0.39 is 0 Å². The number of halogens is 4. The Hall–Kier alpha value is -3.46. The predicted octanol–water partition coefficient (Wildman–Crippen LogP) is 8.46. The summed E-state index contributed by atoms with van der Waals surface area (Å²) in [5.74, 6) is -0.215. The molecule has 2 aromatic heterocycles. The number of aryl methyl sites for hydroxylation is 2. The highest BCUT2D eigenvalue weighted by molar-refractivity contribution is 6.43. The molecule has 0 saturated carbocycles. The van der Waals surface area contributed by atoms with Crippen LogP contribution in [0.4, 0.5) is 0 Å². The molecule has 238 valence electrons. The number of aromatic nitrogens is 2. The molecule has 2 N–H and O–H groups in total. The van der Waals surface area contributed by atoms with Gasteiger partial charge in [0.1, 0.15) is 0 Å². The number of carbonyl (C=O) groups is 2. The molecule has 0 unspecified atom stereocenters. The summed E-state index contributed by atoms with van der Waals surface area (Å²) in [7, 11) is 5.90. The first kappa shape index (κ1) is 32.5. The molecule has 0 bridgehead atoms. The van der Waals surface area contributed by atoms with E-state index in [4.69, 9.17) is 46.4 Å². The number of rotatable bonds is 10. The summed E-state index contributed by atoms with van der Waals surface area (Å²) in [6.07, 6.45) is 5.31. The zero-order valence-corrected chi connectivity index (χ0v) is 28.7. The normalized spacial score (nSPS) is 11.8. The fraction of sp³-hybridized carbons (Fsp3) is 0.257. The minimum Gasteiger partial charge on any atom is -0.352 e. The summed E-state index contributed by atoms with van der Waals surface area (Å²) in [4.78, 5) is 28.4. The first-order valence-electron chi connectivity index (χ1n) is 15.0. The molecular formula is C35H33Cl4N5O2. The van der Waals surface area contributed by atoms with Crippen LogP contribution in [0.2, 0.25) is 20.1 Å². The lowest BCUT2D eigenvalue weighted by Gasteiger charge is -2.16. The molecule has 0 aliphatic heterocycles. The van der Waals surface area contributed by atoms with Gasteiger partial charge in [-0.15, -0.1) is 0 Å². The largest absolute Gasteiger partial charge is 0.352 e. The number of hydrogen-bond acceptors (Lipinski definition) is 3. The molecule has 6 rings (SSSR count). The van der Waals surface area contributed by atoms with Crippen molar-refractivity contribution in [1.29, 1.82) is 0 Å². The van der Waals surface area contributed by atoms with Gasteiger partial charge >= 0.3 is 0 Å². The van der Waals surface area contributed by atoms with Crippen LogP contribution in [0.5, 0.6) is 0 Å². The van der Waals surface area contributed by atoms with Crippen molar-refractivity contribution in [2.45, 2.75) is 12.8 Å². The molecular weight excluding hydrogens is 664 g/mol. The zero-order chi connectivity index (χ0) is 32.7. The van der Waals surface area contributed by atoms with Gasteiger partial charge in [0.15, 0.2) is 0 Å². The highest BCUT2D eigenvalue weighted by atomic mass is 35.5. The first-order valence-corrected chi connectivity index (χ1v) is 16.5. The van der Waals surface area contributed by atoms with Gasteiger partial charge in [-0.25, -0.2) is 0 Å². The Morgan fingerprint density at radius 1 is 0.630 bits per heavy atom. The van der Waals surface area contributed by atoms with Crippen molar-refractivity contribution < 1.29 is 9.59 Å². The summed E-state index contributed by atoms with van der Waals surface area (Å²) in [5.41, 5.74) is 3.14. The van der Waals surface area contributed by atoms with Gasteiger partial charge in [0.25, 0.3) is 11.8 Å². The highest BCUT2D eigenvalue weighted by Crippen LogP contribution is 2.35. The predicted molar refractivity (Wildman–Crippen MR) is 192 cm³/mol. The Morgan fingerprint density at radius 3 is 1.43 bits per heavy atom. The van der Waals surface area contributed by atoms with Crippen LogP contribution in [0.25, 0.3) is 43.4 Å². The Labute approximate surface area is 286 Å². The maximum absolute atomic E-state index is 13.1. The third kappa shape index (κ3) is 6.27. The average molecular weight is 697 g/mol. The van der Waals surface area contributed by atoms with E-state index in [-0.39, 0.29) is 11.8 Å². The average Bonchev–Trinajstić information content (AvgIpc) is 3.55. The number of carbonyl (C=O) groups excluding carboxylic acids is 2. The molecule has 0 fully saturated rings. The third-order valence-electron chi connectivity index (χ3n) is 8.49. The smallest absolute Gasteiger partial charge is 0.253 e. The topological polar surface area (TPSA) is 71.3 Å². The van der Waals surface area contributed by atoms with Crippen LogP contribution in [0.15, 0.2) is 60.9 Å². The Bertz CT molecular complexity index is 2000. The van der Waals surface area contributed by atoms with Crippen LogP contribution in [0, 0.1) is 0 Å². The molecule has 6 aromatic rings. The van der Waals surface area contributed by atoms with Crippen molar-refractivity contribution in [2.75, 3.05) is 33.2 Å². The van der Waals surface area contributed by atoms with Crippen LogP contribution in [-0.2, 0) is 14.1 Å². The van der Waals surface area contributed by atoms with Gasteiger partial charge in [0.2, 0.25) is 0 Å². The van der Waals surface area contributed by atoms with E-state index >= 15 is 0 Å². The zero-order valence-electron chi connectivity index (χ0n) is 25.7. The molecule has 7 nitrogen and oxygen atoms in total. The number of nitrogens with one attached hydrogen (secondary N) is 2. The lowest BCUT2D eigenvalue weighted by molar-refractivity contribution is 0.0947. The molecule has 4 aromatic carbocycles. The van der Waals surface area contributed by atoms with Crippen LogP contribution < -0.4 is 10.6 Å². The quantitative estimate of drug-likeness (QED) is 0.141.